The van der Waals surface area contributed by atoms with Gasteiger partial charge < -0.3 is 10.6 Å². The van der Waals surface area contributed by atoms with E-state index in [2.05, 4.69) is 20.3 Å². The SMILES string of the molecule is NC(=S)N/N=C/c1ccc(N2CCN(Cc3ccc(F)cc3)CC2)cc1Cl. The molecule has 8 heteroatoms. The number of hydrogen-bond acceptors (Lipinski definition) is 4. The molecule has 27 heavy (non-hydrogen) atoms. The highest BCUT2D eigenvalue weighted by Gasteiger charge is 2.18. The second-order valence-corrected chi connectivity index (χ2v) is 7.18. The highest BCUT2D eigenvalue weighted by molar-refractivity contribution is 7.80. The normalized spacial score (nSPS) is 15.3. The molecule has 0 saturated carbocycles. The smallest absolute Gasteiger partial charge is 0.184 e. The van der Waals surface area contributed by atoms with Crippen LogP contribution in [0, 0.1) is 5.82 Å². The predicted molar refractivity (Wildman–Crippen MR) is 113 cm³/mol. The maximum absolute atomic E-state index is 13.0. The van der Waals surface area contributed by atoms with Crippen molar-refractivity contribution in [3.05, 3.63) is 64.4 Å². The van der Waals surface area contributed by atoms with E-state index in [9.17, 15) is 4.39 Å². The van der Waals surface area contributed by atoms with Gasteiger partial charge in [-0.15, -0.1) is 0 Å². The average molecular weight is 406 g/mol. The van der Waals surface area contributed by atoms with E-state index in [4.69, 9.17) is 29.6 Å². The van der Waals surface area contributed by atoms with Gasteiger partial charge in [-0.25, -0.2) is 4.39 Å². The van der Waals surface area contributed by atoms with Gasteiger partial charge >= 0.3 is 0 Å². The maximum atomic E-state index is 13.0. The van der Waals surface area contributed by atoms with Crippen molar-refractivity contribution in [3.8, 4) is 0 Å². The molecule has 5 nitrogen and oxygen atoms in total. The number of piperazine rings is 1. The summed E-state index contributed by atoms with van der Waals surface area (Å²) in [6, 6.07) is 12.6. The minimum Gasteiger partial charge on any atom is -0.375 e. The maximum Gasteiger partial charge on any atom is 0.184 e. The Kier molecular flexibility index (Phi) is 6.60. The van der Waals surface area contributed by atoms with Crippen LogP contribution in [-0.4, -0.2) is 42.4 Å². The van der Waals surface area contributed by atoms with Crippen LogP contribution in [-0.2, 0) is 6.54 Å². The minimum absolute atomic E-state index is 0.109. The fourth-order valence-electron chi connectivity index (χ4n) is 3.00. The molecule has 1 saturated heterocycles. The Morgan fingerprint density at radius 2 is 1.89 bits per heavy atom. The predicted octanol–water partition coefficient (Wildman–Crippen LogP) is 2.97. The Hall–Kier alpha value is -2.22. The zero-order chi connectivity index (χ0) is 19.2. The number of benzene rings is 2. The van der Waals surface area contributed by atoms with Crippen molar-refractivity contribution in [3.63, 3.8) is 0 Å². The molecule has 0 spiro atoms. The highest BCUT2D eigenvalue weighted by atomic mass is 35.5. The summed E-state index contributed by atoms with van der Waals surface area (Å²) in [4.78, 5) is 4.68. The van der Waals surface area contributed by atoms with Gasteiger partial charge in [-0.1, -0.05) is 23.7 Å². The zero-order valence-corrected chi connectivity index (χ0v) is 16.3. The lowest BCUT2D eigenvalue weighted by Gasteiger charge is -2.36. The van der Waals surface area contributed by atoms with Gasteiger partial charge in [0.2, 0.25) is 0 Å². The standard InChI is InChI=1S/C19H21ClFN5S/c20-18-11-17(6-3-15(18)12-23-24-19(22)27)26-9-7-25(8-10-26)13-14-1-4-16(21)5-2-14/h1-6,11-12H,7-10,13H2,(H3,22,24,27)/b23-12+. The third kappa shape index (κ3) is 5.63. The van der Waals surface area contributed by atoms with E-state index in [1.807, 2.05) is 30.3 Å². The molecule has 3 rings (SSSR count). The summed E-state index contributed by atoms with van der Waals surface area (Å²) in [6.07, 6.45) is 1.59. The van der Waals surface area contributed by atoms with Gasteiger partial charge in [-0.05, 0) is 48.1 Å². The fraction of sp³-hybridized carbons (Fsp3) is 0.263. The summed E-state index contributed by atoms with van der Waals surface area (Å²) in [6.45, 7) is 4.54. The molecule has 0 amide bonds. The first kappa shape index (κ1) is 19.5. The fourth-order valence-corrected chi connectivity index (χ4v) is 3.27. The Morgan fingerprint density at radius 3 is 2.52 bits per heavy atom. The van der Waals surface area contributed by atoms with E-state index in [0.29, 0.717) is 5.02 Å². The largest absolute Gasteiger partial charge is 0.375 e. The molecule has 1 aliphatic heterocycles. The number of hydrogen-bond donors (Lipinski definition) is 2. The average Bonchev–Trinajstić information content (AvgIpc) is 2.65. The first-order chi connectivity index (χ1) is 13.0. The summed E-state index contributed by atoms with van der Waals surface area (Å²) in [5.74, 6) is -0.199. The molecule has 3 N–H and O–H groups in total. The Bertz CT molecular complexity index is 819. The summed E-state index contributed by atoms with van der Waals surface area (Å²) in [5, 5.41) is 4.66. The molecule has 0 aromatic heterocycles. The second-order valence-electron chi connectivity index (χ2n) is 6.33. The zero-order valence-electron chi connectivity index (χ0n) is 14.7. The Morgan fingerprint density at radius 1 is 1.19 bits per heavy atom. The number of hydrazone groups is 1. The van der Waals surface area contributed by atoms with Crippen LogP contribution in [0.15, 0.2) is 47.6 Å². The molecule has 1 heterocycles. The van der Waals surface area contributed by atoms with Crippen LogP contribution in [0.1, 0.15) is 11.1 Å². The molecule has 1 fully saturated rings. The van der Waals surface area contributed by atoms with E-state index in [1.165, 1.54) is 12.1 Å². The Labute approximate surface area is 168 Å². The molecule has 0 bridgehead atoms. The molecule has 2 aromatic carbocycles. The number of anilines is 1. The van der Waals surface area contributed by atoms with Crippen molar-refractivity contribution < 1.29 is 4.39 Å². The van der Waals surface area contributed by atoms with Gasteiger partial charge in [-0.3, -0.25) is 10.3 Å². The number of thiocarbonyl (C=S) groups is 1. The molecular weight excluding hydrogens is 385 g/mol. The van der Waals surface area contributed by atoms with E-state index >= 15 is 0 Å². The van der Waals surface area contributed by atoms with Crippen molar-refractivity contribution in [2.45, 2.75) is 6.54 Å². The lowest BCUT2D eigenvalue weighted by Crippen LogP contribution is -2.45. The van der Waals surface area contributed by atoms with Crippen molar-refractivity contribution in [1.82, 2.24) is 10.3 Å². The monoisotopic (exact) mass is 405 g/mol. The van der Waals surface area contributed by atoms with Gasteiger partial charge in [0, 0.05) is 44.0 Å². The molecule has 2 aromatic rings. The summed E-state index contributed by atoms with van der Waals surface area (Å²) < 4.78 is 13.0. The molecule has 1 aliphatic rings. The number of halogens is 2. The number of nitrogens with zero attached hydrogens (tertiary/aromatic N) is 3. The highest BCUT2D eigenvalue weighted by Crippen LogP contribution is 2.24. The number of nitrogens with one attached hydrogen (secondary N) is 1. The quantitative estimate of drug-likeness (QED) is 0.455. The van der Waals surface area contributed by atoms with Crippen LogP contribution in [0.4, 0.5) is 10.1 Å². The summed E-state index contributed by atoms with van der Waals surface area (Å²) >= 11 is 11.1. The minimum atomic E-state index is -0.199. The van der Waals surface area contributed by atoms with Crippen LogP contribution in [0.25, 0.3) is 0 Å². The van der Waals surface area contributed by atoms with Crippen LogP contribution in [0.5, 0.6) is 0 Å². The van der Waals surface area contributed by atoms with E-state index in [-0.39, 0.29) is 10.9 Å². The molecule has 0 aliphatic carbocycles. The van der Waals surface area contributed by atoms with Gasteiger partial charge in [0.1, 0.15) is 5.82 Å². The first-order valence-corrected chi connectivity index (χ1v) is 9.40. The summed E-state index contributed by atoms with van der Waals surface area (Å²) in [7, 11) is 0. The van der Waals surface area contributed by atoms with Crippen molar-refractivity contribution in [2.75, 3.05) is 31.1 Å². The third-order valence-electron chi connectivity index (χ3n) is 4.42. The van der Waals surface area contributed by atoms with Gasteiger partial charge in [0.25, 0.3) is 0 Å². The first-order valence-electron chi connectivity index (χ1n) is 8.61. The second kappa shape index (κ2) is 9.12. The topological polar surface area (TPSA) is 56.9 Å². The van der Waals surface area contributed by atoms with Crippen molar-refractivity contribution in [1.29, 1.82) is 0 Å². The molecule has 142 valence electrons. The Balaban J connectivity index is 1.56. The lowest BCUT2D eigenvalue weighted by molar-refractivity contribution is 0.250. The lowest BCUT2D eigenvalue weighted by atomic mass is 10.1. The molecule has 0 radical (unpaired) electrons. The van der Waals surface area contributed by atoms with E-state index in [1.54, 1.807) is 6.21 Å². The molecule has 0 atom stereocenters. The number of rotatable bonds is 5. The van der Waals surface area contributed by atoms with Gasteiger partial charge in [0.05, 0.1) is 11.2 Å². The van der Waals surface area contributed by atoms with Crippen molar-refractivity contribution in [2.24, 2.45) is 10.8 Å². The summed E-state index contributed by atoms with van der Waals surface area (Å²) in [5.41, 5.74) is 10.8. The van der Waals surface area contributed by atoms with Crippen LogP contribution in [0.2, 0.25) is 5.02 Å². The molecule has 0 unspecified atom stereocenters. The molecular formula is C19H21ClFN5S. The van der Waals surface area contributed by atoms with Crippen molar-refractivity contribution >= 4 is 40.8 Å². The van der Waals surface area contributed by atoms with Crippen LogP contribution < -0.4 is 16.1 Å². The number of nitrogens with two attached hydrogens (primary N) is 1. The van der Waals surface area contributed by atoms with Crippen LogP contribution in [0.3, 0.4) is 0 Å². The van der Waals surface area contributed by atoms with E-state index < -0.39 is 0 Å². The van der Waals surface area contributed by atoms with E-state index in [0.717, 1.165) is 49.5 Å². The van der Waals surface area contributed by atoms with Crippen LogP contribution >= 0.6 is 23.8 Å². The van der Waals surface area contributed by atoms with Gasteiger partial charge in [-0.2, -0.15) is 5.10 Å². The van der Waals surface area contributed by atoms with Gasteiger partial charge in [0.15, 0.2) is 5.11 Å². The third-order valence-corrected chi connectivity index (χ3v) is 4.84.